The van der Waals surface area contributed by atoms with E-state index in [-0.39, 0.29) is 11.8 Å². The van der Waals surface area contributed by atoms with Gasteiger partial charge >= 0.3 is 5.97 Å². The Hall–Kier alpha value is -2.45. The second kappa shape index (κ2) is 6.33. The van der Waals surface area contributed by atoms with E-state index in [4.69, 9.17) is 21.3 Å². The molecule has 0 aliphatic heterocycles. The maximum absolute atomic E-state index is 11.3. The van der Waals surface area contributed by atoms with Gasteiger partial charge in [0.2, 0.25) is 5.76 Å². The molecule has 0 bridgehead atoms. The molecule has 1 unspecified atom stereocenters. The van der Waals surface area contributed by atoms with E-state index >= 15 is 0 Å². The predicted molar refractivity (Wildman–Crippen MR) is 78.3 cm³/mol. The number of halogens is 1. The molecule has 2 rings (SSSR count). The molecule has 1 aromatic carbocycles. The topological polar surface area (TPSA) is 75.3 Å². The second-order valence-corrected chi connectivity index (χ2v) is 4.77. The molecule has 0 amide bonds. The molecule has 0 radical (unpaired) electrons. The molecule has 6 heteroatoms. The molecule has 0 spiro atoms. The van der Waals surface area contributed by atoms with Gasteiger partial charge in [0.15, 0.2) is 0 Å². The Balaban J connectivity index is 2.14. The number of hydrogen-bond donors (Lipinski definition) is 1. The molecule has 1 heterocycles. The fraction of sp³-hybridized carbons (Fsp3) is 0.200. The van der Waals surface area contributed by atoms with Gasteiger partial charge in [0.25, 0.3) is 0 Å². The summed E-state index contributed by atoms with van der Waals surface area (Å²) in [4.78, 5) is 11.3. The van der Waals surface area contributed by atoms with Gasteiger partial charge in [-0.25, -0.2) is 4.79 Å². The molecule has 108 valence electrons. The van der Waals surface area contributed by atoms with E-state index in [0.29, 0.717) is 22.0 Å². The number of nitrogens with one attached hydrogen (secondary N) is 1. The average Bonchev–Trinajstić information content (AvgIpc) is 2.98. The van der Waals surface area contributed by atoms with Crippen molar-refractivity contribution in [3.8, 4) is 6.07 Å². The van der Waals surface area contributed by atoms with Crippen LogP contribution in [0.4, 0.5) is 5.69 Å². The number of carbonyl (C=O) groups is 1. The molecule has 0 aliphatic rings. The van der Waals surface area contributed by atoms with Crippen LogP contribution in [-0.2, 0) is 4.74 Å². The monoisotopic (exact) mass is 304 g/mol. The standard InChI is InChI=1S/C15H13ClN2O3/c1-9(13-5-6-14(21-13)15(19)20-2)18-12-4-3-10(8-17)7-11(12)16/h3-7,9,18H,1-2H3. The molecule has 0 saturated carbocycles. The quantitative estimate of drug-likeness (QED) is 0.870. The fourth-order valence-corrected chi connectivity index (χ4v) is 2.04. The van der Waals surface area contributed by atoms with Crippen molar-refractivity contribution in [2.24, 2.45) is 0 Å². The number of methoxy groups -OCH3 is 1. The van der Waals surface area contributed by atoms with E-state index < -0.39 is 5.97 Å². The zero-order valence-corrected chi connectivity index (χ0v) is 12.3. The van der Waals surface area contributed by atoms with Crippen molar-refractivity contribution in [2.45, 2.75) is 13.0 Å². The maximum Gasteiger partial charge on any atom is 0.373 e. The number of benzene rings is 1. The molecule has 1 N–H and O–H groups in total. The highest BCUT2D eigenvalue weighted by molar-refractivity contribution is 6.33. The number of hydrogen-bond acceptors (Lipinski definition) is 5. The van der Waals surface area contributed by atoms with Crippen molar-refractivity contribution in [1.82, 2.24) is 0 Å². The normalized spacial score (nSPS) is 11.5. The highest BCUT2D eigenvalue weighted by atomic mass is 35.5. The maximum atomic E-state index is 11.3. The molecule has 5 nitrogen and oxygen atoms in total. The predicted octanol–water partition coefficient (Wildman–Crippen LogP) is 3.76. The van der Waals surface area contributed by atoms with Gasteiger partial charge in [0.1, 0.15) is 5.76 Å². The lowest BCUT2D eigenvalue weighted by Gasteiger charge is -2.14. The SMILES string of the molecule is COC(=O)c1ccc(C(C)Nc2ccc(C#N)cc2Cl)o1. The van der Waals surface area contributed by atoms with Crippen molar-refractivity contribution in [2.75, 3.05) is 12.4 Å². The van der Waals surface area contributed by atoms with Gasteiger partial charge in [0.05, 0.1) is 35.5 Å². The minimum Gasteiger partial charge on any atom is -0.463 e. The van der Waals surface area contributed by atoms with E-state index in [1.54, 1.807) is 30.3 Å². The Morgan fingerprint density at radius 1 is 1.43 bits per heavy atom. The van der Waals surface area contributed by atoms with E-state index in [9.17, 15) is 4.79 Å². The van der Waals surface area contributed by atoms with Crippen molar-refractivity contribution in [3.63, 3.8) is 0 Å². The molecule has 21 heavy (non-hydrogen) atoms. The third kappa shape index (κ3) is 3.36. The first-order valence-electron chi connectivity index (χ1n) is 6.19. The van der Waals surface area contributed by atoms with E-state index in [1.807, 2.05) is 13.0 Å². The Labute approximate surface area is 127 Å². The number of ether oxygens (including phenoxy) is 1. The van der Waals surface area contributed by atoms with Crippen LogP contribution in [0, 0.1) is 11.3 Å². The minimum absolute atomic E-state index is 0.145. The number of carbonyl (C=O) groups excluding carboxylic acids is 1. The van der Waals surface area contributed by atoms with Gasteiger partial charge in [-0.1, -0.05) is 11.6 Å². The van der Waals surface area contributed by atoms with Crippen LogP contribution in [0.5, 0.6) is 0 Å². The highest BCUT2D eigenvalue weighted by Crippen LogP contribution is 2.27. The van der Waals surface area contributed by atoms with Crippen LogP contribution in [0.2, 0.25) is 5.02 Å². The molecule has 1 aromatic heterocycles. The summed E-state index contributed by atoms with van der Waals surface area (Å²) in [6, 6.07) is 10.0. The summed E-state index contributed by atoms with van der Waals surface area (Å²) in [7, 11) is 1.29. The van der Waals surface area contributed by atoms with Gasteiger partial charge < -0.3 is 14.5 Å². The van der Waals surface area contributed by atoms with E-state index in [1.165, 1.54) is 7.11 Å². The Kier molecular flexibility index (Phi) is 4.51. The second-order valence-electron chi connectivity index (χ2n) is 4.37. The molecule has 2 aromatic rings. The zero-order chi connectivity index (χ0) is 15.4. The van der Waals surface area contributed by atoms with Crippen LogP contribution in [0.3, 0.4) is 0 Å². The molecule has 0 saturated heterocycles. The summed E-state index contributed by atoms with van der Waals surface area (Å²) in [5.41, 5.74) is 1.17. The fourth-order valence-electron chi connectivity index (χ4n) is 1.80. The van der Waals surface area contributed by atoms with Gasteiger partial charge in [-0.15, -0.1) is 0 Å². The molecule has 0 fully saturated rings. The summed E-state index contributed by atoms with van der Waals surface area (Å²) in [6.45, 7) is 1.87. The van der Waals surface area contributed by atoms with Gasteiger partial charge in [-0.3, -0.25) is 0 Å². The smallest absolute Gasteiger partial charge is 0.373 e. The summed E-state index contributed by atoms with van der Waals surface area (Å²) >= 11 is 6.10. The van der Waals surface area contributed by atoms with Crippen molar-refractivity contribution < 1.29 is 13.9 Å². The zero-order valence-electron chi connectivity index (χ0n) is 11.5. The summed E-state index contributed by atoms with van der Waals surface area (Å²) in [6.07, 6.45) is 0. The first kappa shape index (κ1) is 14.9. The summed E-state index contributed by atoms with van der Waals surface area (Å²) < 4.78 is 10.0. The number of rotatable bonds is 4. The van der Waals surface area contributed by atoms with Crippen molar-refractivity contribution >= 4 is 23.3 Å². The third-order valence-corrected chi connectivity index (χ3v) is 3.22. The van der Waals surface area contributed by atoms with Gasteiger partial charge in [-0.05, 0) is 37.3 Å². The number of furan rings is 1. The lowest BCUT2D eigenvalue weighted by Crippen LogP contribution is -2.06. The highest BCUT2D eigenvalue weighted by Gasteiger charge is 2.16. The Morgan fingerprint density at radius 3 is 2.81 bits per heavy atom. The molecular weight excluding hydrogens is 292 g/mol. The van der Waals surface area contributed by atoms with Crippen LogP contribution in [0.15, 0.2) is 34.7 Å². The third-order valence-electron chi connectivity index (χ3n) is 2.91. The molecular formula is C15H13ClN2O3. The van der Waals surface area contributed by atoms with Crippen LogP contribution in [0.25, 0.3) is 0 Å². The Morgan fingerprint density at radius 2 is 2.19 bits per heavy atom. The van der Waals surface area contributed by atoms with Gasteiger partial charge in [-0.2, -0.15) is 5.26 Å². The van der Waals surface area contributed by atoms with E-state index in [2.05, 4.69) is 10.1 Å². The van der Waals surface area contributed by atoms with E-state index in [0.717, 1.165) is 0 Å². The first-order valence-corrected chi connectivity index (χ1v) is 6.57. The number of nitriles is 1. The number of nitrogens with zero attached hydrogens (tertiary/aromatic N) is 1. The van der Waals surface area contributed by atoms with Gasteiger partial charge in [0, 0.05) is 0 Å². The summed E-state index contributed by atoms with van der Waals surface area (Å²) in [5.74, 6) is 0.202. The lowest BCUT2D eigenvalue weighted by molar-refractivity contribution is 0.0562. The lowest BCUT2D eigenvalue weighted by atomic mass is 10.2. The number of anilines is 1. The molecule has 1 atom stereocenters. The number of esters is 1. The van der Waals surface area contributed by atoms with Crippen LogP contribution >= 0.6 is 11.6 Å². The van der Waals surface area contributed by atoms with Crippen LogP contribution in [0.1, 0.15) is 34.8 Å². The minimum atomic E-state index is -0.523. The van der Waals surface area contributed by atoms with Crippen LogP contribution < -0.4 is 5.32 Å². The first-order chi connectivity index (χ1) is 10.0. The van der Waals surface area contributed by atoms with Crippen molar-refractivity contribution in [1.29, 1.82) is 5.26 Å². The largest absolute Gasteiger partial charge is 0.463 e. The average molecular weight is 305 g/mol. The summed E-state index contributed by atoms with van der Waals surface area (Å²) in [5, 5.41) is 12.4. The van der Waals surface area contributed by atoms with Crippen molar-refractivity contribution in [3.05, 3.63) is 52.4 Å². The van der Waals surface area contributed by atoms with Crippen LogP contribution in [-0.4, -0.2) is 13.1 Å². The molecule has 0 aliphatic carbocycles. The Bertz CT molecular complexity index is 703.